The summed E-state index contributed by atoms with van der Waals surface area (Å²) in [5.74, 6) is 1.70. The number of aromatic amines is 1. The number of nitrogens with one attached hydrogen (secondary N) is 2. The zero-order chi connectivity index (χ0) is 10.5. The van der Waals surface area contributed by atoms with E-state index in [4.69, 9.17) is 0 Å². The summed E-state index contributed by atoms with van der Waals surface area (Å²) in [6.07, 6.45) is 9.84. The summed E-state index contributed by atoms with van der Waals surface area (Å²) in [6, 6.07) is 0.262. The first kappa shape index (κ1) is 10.4. The second kappa shape index (κ2) is 5.07. The maximum atomic E-state index is 4.14. The molecule has 0 aliphatic heterocycles. The minimum absolute atomic E-state index is 0.262. The molecule has 0 saturated carbocycles. The highest BCUT2D eigenvalue weighted by molar-refractivity contribution is 4.92. The number of H-pyrrole nitrogens is 1. The fraction of sp³-hybridized carbons (Fsp3) is 0.636. The third-order valence-corrected chi connectivity index (χ3v) is 2.93. The summed E-state index contributed by atoms with van der Waals surface area (Å²) >= 11 is 0. The molecule has 2 N–H and O–H groups in total. The highest BCUT2D eigenvalue weighted by Crippen LogP contribution is 2.18. The van der Waals surface area contributed by atoms with Crippen molar-refractivity contribution in [1.82, 2.24) is 20.5 Å². The van der Waals surface area contributed by atoms with Crippen molar-refractivity contribution in [2.45, 2.75) is 32.2 Å². The number of nitrogens with zero attached hydrogens (tertiary/aromatic N) is 2. The van der Waals surface area contributed by atoms with Gasteiger partial charge in [0.05, 0.1) is 6.04 Å². The van der Waals surface area contributed by atoms with Crippen molar-refractivity contribution in [3.63, 3.8) is 0 Å². The molecule has 1 heterocycles. The Bertz CT molecular complexity index is 304. The molecule has 0 spiro atoms. The van der Waals surface area contributed by atoms with Gasteiger partial charge < -0.3 is 5.32 Å². The van der Waals surface area contributed by atoms with Gasteiger partial charge in [-0.25, -0.2) is 4.98 Å². The van der Waals surface area contributed by atoms with Gasteiger partial charge in [-0.05, 0) is 38.6 Å². The van der Waals surface area contributed by atoms with Crippen molar-refractivity contribution < 1.29 is 0 Å². The van der Waals surface area contributed by atoms with E-state index in [2.05, 4.69) is 39.6 Å². The molecule has 1 aromatic heterocycles. The largest absolute Gasteiger partial charge is 0.307 e. The van der Waals surface area contributed by atoms with Crippen LogP contribution in [-0.4, -0.2) is 21.7 Å². The molecule has 0 bridgehead atoms. The van der Waals surface area contributed by atoms with Gasteiger partial charge in [-0.2, -0.15) is 5.10 Å². The zero-order valence-electron chi connectivity index (χ0n) is 9.11. The highest BCUT2D eigenvalue weighted by atomic mass is 15.2. The van der Waals surface area contributed by atoms with Gasteiger partial charge in [0.15, 0.2) is 0 Å². The third-order valence-electron chi connectivity index (χ3n) is 2.93. The van der Waals surface area contributed by atoms with Gasteiger partial charge in [0.1, 0.15) is 12.2 Å². The van der Waals surface area contributed by atoms with Gasteiger partial charge in [-0.15, -0.1) is 0 Å². The van der Waals surface area contributed by atoms with E-state index >= 15 is 0 Å². The number of hydrogen-bond donors (Lipinski definition) is 2. The van der Waals surface area contributed by atoms with E-state index in [1.165, 1.54) is 19.3 Å². The fourth-order valence-electron chi connectivity index (χ4n) is 1.91. The van der Waals surface area contributed by atoms with Crippen molar-refractivity contribution in [3.8, 4) is 0 Å². The predicted octanol–water partition coefficient (Wildman–Crippen LogP) is 1.81. The van der Waals surface area contributed by atoms with Crippen molar-refractivity contribution >= 4 is 0 Å². The van der Waals surface area contributed by atoms with E-state index < -0.39 is 0 Å². The Morgan fingerprint density at radius 3 is 3.20 bits per heavy atom. The molecule has 1 aliphatic carbocycles. The molecule has 15 heavy (non-hydrogen) atoms. The van der Waals surface area contributed by atoms with Gasteiger partial charge in [-0.3, -0.25) is 5.10 Å². The lowest BCUT2D eigenvalue weighted by atomic mass is 9.94. The lowest BCUT2D eigenvalue weighted by Crippen LogP contribution is -2.27. The topological polar surface area (TPSA) is 53.6 Å². The Morgan fingerprint density at radius 2 is 2.53 bits per heavy atom. The molecule has 0 amide bonds. The molecule has 0 saturated heterocycles. The molecular weight excluding hydrogens is 188 g/mol. The van der Waals surface area contributed by atoms with Gasteiger partial charge in [-0.1, -0.05) is 12.2 Å². The van der Waals surface area contributed by atoms with Crippen LogP contribution in [-0.2, 0) is 0 Å². The minimum Gasteiger partial charge on any atom is -0.307 e. The number of aromatic nitrogens is 3. The Kier molecular flexibility index (Phi) is 3.50. The molecule has 2 rings (SSSR count). The lowest BCUT2D eigenvalue weighted by Gasteiger charge is -2.20. The summed E-state index contributed by atoms with van der Waals surface area (Å²) in [5, 5.41) is 10.2. The first-order chi connectivity index (χ1) is 7.36. The Hall–Kier alpha value is -1.16. The summed E-state index contributed by atoms with van der Waals surface area (Å²) in [6.45, 7) is 3.17. The third kappa shape index (κ3) is 2.89. The van der Waals surface area contributed by atoms with E-state index in [0.29, 0.717) is 0 Å². The second-order valence-corrected chi connectivity index (χ2v) is 4.15. The molecule has 82 valence electrons. The van der Waals surface area contributed by atoms with Crippen LogP contribution in [0.4, 0.5) is 0 Å². The van der Waals surface area contributed by atoms with Crippen LogP contribution in [0, 0.1) is 5.92 Å². The number of rotatable bonds is 4. The Morgan fingerprint density at radius 1 is 1.60 bits per heavy atom. The second-order valence-electron chi connectivity index (χ2n) is 4.15. The maximum absolute atomic E-state index is 4.14. The average Bonchev–Trinajstić information content (AvgIpc) is 2.81. The summed E-state index contributed by atoms with van der Waals surface area (Å²) in [4.78, 5) is 4.14. The fourth-order valence-corrected chi connectivity index (χ4v) is 1.91. The molecule has 2 unspecified atom stereocenters. The number of hydrogen-bond acceptors (Lipinski definition) is 3. The van der Waals surface area contributed by atoms with Crippen LogP contribution >= 0.6 is 0 Å². The molecule has 2 atom stereocenters. The Labute approximate surface area is 90.2 Å². The highest BCUT2D eigenvalue weighted by Gasteiger charge is 2.13. The quantitative estimate of drug-likeness (QED) is 0.739. The molecule has 4 heteroatoms. The average molecular weight is 206 g/mol. The molecule has 1 aliphatic rings. The van der Waals surface area contributed by atoms with Crippen LogP contribution in [0.3, 0.4) is 0 Å². The molecule has 4 nitrogen and oxygen atoms in total. The maximum Gasteiger partial charge on any atom is 0.141 e. The van der Waals surface area contributed by atoms with Crippen molar-refractivity contribution in [1.29, 1.82) is 0 Å². The van der Waals surface area contributed by atoms with E-state index in [1.54, 1.807) is 6.33 Å². The predicted molar refractivity (Wildman–Crippen MR) is 59.3 cm³/mol. The molecule has 1 aromatic rings. The molecule has 0 aromatic carbocycles. The molecular formula is C11H18N4. The van der Waals surface area contributed by atoms with Crippen LogP contribution < -0.4 is 5.32 Å². The summed E-state index contributed by atoms with van der Waals surface area (Å²) in [5.41, 5.74) is 0. The van der Waals surface area contributed by atoms with Crippen molar-refractivity contribution in [2.75, 3.05) is 6.54 Å². The van der Waals surface area contributed by atoms with Crippen molar-refractivity contribution in [2.24, 2.45) is 5.92 Å². The van der Waals surface area contributed by atoms with Crippen LogP contribution in [0.1, 0.15) is 38.1 Å². The van der Waals surface area contributed by atoms with E-state index in [9.17, 15) is 0 Å². The van der Waals surface area contributed by atoms with Crippen LogP contribution in [0.25, 0.3) is 0 Å². The smallest absolute Gasteiger partial charge is 0.141 e. The van der Waals surface area contributed by atoms with Gasteiger partial charge in [0, 0.05) is 0 Å². The summed E-state index contributed by atoms with van der Waals surface area (Å²) in [7, 11) is 0. The first-order valence-electron chi connectivity index (χ1n) is 5.60. The van der Waals surface area contributed by atoms with Crippen LogP contribution in [0.15, 0.2) is 18.5 Å². The van der Waals surface area contributed by atoms with Gasteiger partial charge in [0.25, 0.3) is 0 Å². The normalized spacial score (nSPS) is 22.9. The van der Waals surface area contributed by atoms with E-state index in [1.807, 2.05) is 0 Å². The first-order valence-corrected chi connectivity index (χ1v) is 5.60. The molecule has 0 fully saturated rings. The van der Waals surface area contributed by atoms with Crippen LogP contribution in [0.2, 0.25) is 0 Å². The Balaban J connectivity index is 1.75. The minimum atomic E-state index is 0.262. The summed E-state index contributed by atoms with van der Waals surface area (Å²) < 4.78 is 0. The SMILES string of the molecule is CC(NCC1CC=CCC1)c1ncn[nH]1. The molecule has 0 radical (unpaired) electrons. The standard InChI is InChI=1S/C11H18N4/c1-9(11-13-8-14-15-11)12-7-10-5-3-2-4-6-10/h2-3,8-10,12H,4-7H2,1H3,(H,13,14,15). The van der Waals surface area contributed by atoms with Crippen molar-refractivity contribution in [3.05, 3.63) is 24.3 Å². The lowest BCUT2D eigenvalue weighted by molar-refractivity contribution is 0.409. The monoisotopic (exact) mass is 206 g/mol. The zero-order valence-corrected chi connectivity index (χ0v) is 9.11. The number of allylic oxidation sites excluding steroid dienone is 2. The van der Waals surface area contributed by atoms with E-state index in [-0.39, 0.29) is 6.04 Å². The van der Waals surface area contributed by atoms with Gasteiger partial charge in [0.2, 0.25) is 0 Å². The van der Waals surface area contributed by atoms with Crippen LogP contribution in [0.5, 0.6) is 0 Å². The van der Waals surface area contributed by atoms with Gasteiger partial charge >= 0.3 is 0 Å². The van der Waals surface area contributed by atoms with E-state index in [0.717, 1.165) is 18.3 Å².